The highest BCUT2D eigenvalue weighted by molar-refractivity contribution is 5.93. The number of carbonyl (C=O) groups is 2. The highest BCUT2D eigenvalue weighted by Crippen LogP contribution is 2.33. The third-order valence-corrected chi connectivity index (χ3v) is 5.13. The van der Waals surface area contributed by atoms with Gasteiger partial charge in [0.15, 0.2) is 5.60 Å². The number of cyclic esters (lactones) is 1. The number of allylic oxidation sites excluding steroid dienone is 1. The lowest BCUT2D eigenvalue weighted by Crippen LogP contribution is -2.41. The van der Waals surface area contributed by atoms with Crippen molar-refractivity contribution in [2.24, 2.45) is 0 Å². The SMILES string of the molecule is C/C=C1\C=C(/C)[C@](C)(O)C(=O)OCC2=CCN3CC[C@@H](OC1=O)[C@H]23. The minimum absolute atomic E-state index is 0.0469. The van der Waals surface area contributed by atoms with E-state index in [0.717, 1.165) is 25.1 Å². The van der Waals surface area contributed by atoms with Crippen LogP contribution in [0.3, 0.4) is 0 Å². The molecule has 0 aliphatic carbocycles. The summed E-state index contributed by atoms with van der Waals surface area (Å²) in [6, 6.07) is -0.0469. The van der Waals surface area contributed by atoms with E-state index in [9.17, 15) is 14.7 Å². The second-order valence-corrected chi connectivity index (χ2v) is 6.67. The van der Waals surface area contributed by atoms with Crippen molar-refractivity contribution in [1.29, 1.82) is 0 Å². The molecule has 0 bridgehead atoms. The summed E-state index contributed by atoms with van der Waals surface area (Å²) in [6.07, 6.45) is 5.64. The van der Waals surface area contributed by atoms with Gasteiger partial charge in [0, 0.05) is 13.1 Å². The van der Waals surface area contributed by atoms with E-state index in [1.54, 1.807) is 19.9 Å². The Morgan fingerprint density at radius 2 is 2.17 bits per heavy atom. The van der Waals surface area contributed by atoms with Crippen LogP contribution in [0.1, 0.15) is 27.2 Å². The van der Waals surface area contributed by atoms with Crippen molar-refractivity contribution < 1.29 is 24.2 Å². The number of carbonyl (C=O) groups excluding carboxylic acids is 2. The number of hydrogen-bond acceptors (Lipinski definition) is 6. The van der Waals surface area contributed by atoms with E-state index in [1.165, 1.54) is 13.0 Å². The molecule has 24 heavy (non-hydrogen) atoms. The van der Waals surface area contributed by atoms with Crippen molar-refractivity contribution >= 4 is 11.9 Å². The zero-order valence-corrected chi connectivity index (χ0v) is 14.2. The smallest absolute Gasteiger partial charge is 0.342 e. The van der Waals surface area contributed by atoms with Gasteiger partial charge in [0.1, 0.15) is 12.7 Å². The summed E-state index contributed by atoms with van der Waals surface area (Å²) in [7, 11) is 0. The maximum atomic E-state index is 12.5. The van der Waals surface area contributed by atoms with Crippen LogP contribution in [0.25, 0.3) is 0 Å². The first-order valence-electron chi connectivity index (χ1n) is 8.23. The molecule has 1 fully saturated rings. The lowest BCUT2D eigenvalue weighted by molar-refractivity contribution is -0.159. The van der Waals surface area contributed by atoms with Crippen LogP contribution >= 0.6 is 0 Å². The Bertz CT molecular complexity index is 658. The number of ether oxygens (including phenoxy) is 2. The van der Waals surface area contributed by atoms with Gasteiger partial charge >= 0.3 is 11.9 Å². The highest BCUT2D eigenvalue weighted by Gasteiger charge is 2.43. The van der Waals surface area contributed by atoms with Crippen LogP contribution in [0.4, 0.5) is 0 Å². The van der Waals surface area contributed by atoms with E-state index in [1.807, 2.05) is 6.08 Å². The molecular formula is C18H23NO5. The maximum Gasteiger partial charge on any atom is 0.342 e. The predicted octanol–water partition coefficient (Wildman–Crippen LogP) is 1.11. The molecule has 0 aromatic heterocycles. The van der Waals surface area contributed by atoms with Gasteiger partial charge in [-0.1, -0.05) is 12.2 Å². The number of hydrogen-bond donors (Lipinski definition) is 1. The minimum Gasteiger partial charge on any atom is -0.459 e. The number of aliphatic hydroxyl groups is 1. The third-order valence-electron chi connectivity index (χ3n) is 5.13. The Hall–Kier alpha value is -1.92. The van der Waals surface area contributed by atoms with Crippen molar-refractivity contribution in [3.05, 3.63) is 34.9 Å². The molecule has 0 saturated carbocycles. The second-order valence-electron chi connectivity index (χ2n) is 6.67. The molecule has 1 saturated heterocycles. The Balaban J connectivity index is 1.98. The number of nitrogens with zero attached hydrogens (tertiary/aromatic N) is 1. The van der Waals surface area contributed by atoms with Gasteiger partial charge in [-0.2, -0.15) is 0 Å². The average molecular weight is 333 g/mol. The van der Waals surface area contributed by atoms with Crippen molar-refractivity contribution in [3.8, 4) is 0 Å². The third kappa shape index (κ3) is 2.80. The van der Waals surface area contributed by atoms with Crippen LogP contribution in [0, 0.1) is 0 Å². The van der Waals surface area contributed by atoms with Crippen molar-refractivity contribution in [2.75, 3.05) is 19.7 Å². The van der Waals surface area contributed by atoms with Crippen LogP contribution < -0.4 is 0 Å². The summed E-state index contributed by atoms with van der Waals surface area (Å²) in [5.41, 5.74) is -0.202. The molecule has 0 aromatic rings. The molecule has 3 heterocycles. The molecule has 6 nitrogen and oxygen atoms in total. The monoisotopic (exact) mass is 333 g/mol. The van der Waals surface area contributed by atoms with Crippen LogP contribution in [0.2, 0.25) is 0 Å². The van der Waals surface area contributed by atoms with Crippen molar-refractivity contribution in [3.63, 3.8) is 0 Å². The molecule has 3 rings (SSSR count). The van der Waals surface area contributed by atoms with Crippen LogP contribution in [-0.4, -0.2) is 59.4 Å². The Labute approximate surface area is 141 Å². The first kappa shape index (κ1) is 16.9. The van der Waals surface area contributed by atoms with Crippen LogP contribution in [-0.2, 0) is 19.1 Å². The molecule has 0 spiro atoms. The fourth-order valence-corrected chi connectivity index (χ4v) is 3.42. The summed E-state index contributed by atoms with van der Waals surface area (Å²) in [6.45, 7) is 6.40. The van der Waals surface area contributed by atoms with E-state index in [-0.39, 0.29) is 18.8 Å². The lowest BCUT2D eigenvalue weighted by atomic mass is 9.94. The van der Waals surface area contributed by atoms with E-state index in [2.05, 4.69) is 4.90 Å². The average Bonchev–Trinajstić information content (AvgIpc) is 3.12. The molecule has 6 heteroatoms. The van der Waals surface area contributed by atoms with Gasteiger partial charge in [-0.3, -0.25) is 4.90 Å². The number of rotatable bonds is 0. The molecule has 0 amide bonds. The van der Waals surface area contributed by atoms with Gasteiger partial charge in [-0.05, 0) is 44.4 Å². The summed E-state index contributed by atoms with van der Waals surface area (Å²) in [5, 5.41) is 10.5. The molecule has 3 atom stereocenters. The highest BCUT2D eigenvalue weighted by atomic mass is 16.6. The standard InChI is InChI=1S/C18H23NO5/c1-4-12-9-11(2)18(3,22)17(21)23-10-13-5-7-19-8-6-14(15(13)19)24-16(12)20/h4-5,9,14-15,22H,6-8,10H2,1-3H3/b11-9+,12-4+/t14-,15+,18+/m1/s1. The fourth-order valence-electron chi connectivity index (χ4n) is 3.42. The number of esters is 2. The Morgan fingerprint density at radius 3 is 2.88 bits per heavy atom. The van der Waals surface area contributed by atoms with E-state index < -0.39 is 17.5 Å². The summed E-state index contributed by atoms with van der Waals surface area (Å²) < 4.78 is 11.1. The first-order valence-corrected chi connectivity index (χ1v) is 8.23. The summed E-state index contributed by atoms with van der Waals surface area (Å²) in [5.74, 6) is -1.14. The second kappa shape index (κ2) is 6.18. The Morgan fingerprint density at radius 1 is 1.42 bits per heavy atom. The zero-order chi connectivity index (χ0) is 17.5. The zero-order valence-electron chi connectivity index (χ0n) is 14.2. The summed E-state index contributed by atoms with van der Waals surface area (Å²) in [4.78, 5) is 27.0. The van der Waals surface area contributed by atoms with Gasteiger partial charge in [-0.25, -0.2) is 9.59 Å². The molecule has 130 valence electrons. The molecule has 3 aliphatic rings. The van der Waals surface area contributed by atoms with E-state index >= 15 is 0 Å². The van der Waals surface area contributed by atoms with Gasteiger partial charge in [0.25, 0.3) is 0 Å². The largest absolute Gasteiger partial charge is 0.459 e. The molecule has 0 unspecified atom stereocenters. The van der Waals surface area contributed by atoms with E-state index in [0.29, 0.717) is 11.1 Å². The molecule has 0 radical (unpaired) electrons. The topological polar surface area (TPSA) is 76.1 Å². The normalized spacial score (nSPS) is 38.4. The van der Waals surface area contributed by atoms with Gasteiger partial charge < -0.3 is 14.6 Å². The fraction of sp³-hybridized carbons (Fsp3) is 0.556. The van der Waals surface area contributed by atoms with Gasteiger partial charge in [0.2, 0.25) is 0 Å². The minimum atomic E-state index is -1.79. The molecule has 3 aliphatic heterocycles. The van der Waals surface area contributed by atoms with Crippen molar-refractivity contribution in [1.82, 2.24) is 4.90 Å². The Kier molecular flexibility index (Phi) is 4.36. The van der Waals surface area contributed by atoms with Crippen molar-refractivity contribution in [2.45, 2.75) is 44.9 Å². The van der Waals surface area contributed by atoms with Gasteiger partial charge in [0.05, 0.1) is 11.6 Å². The quantitative estimate of drug-likeness (QED) is 0.407. The first-order chi connectivity index (χ1) is 11.3. The predicted molar refractivity (Wildman–Crippen MR) is 87.0 cm³/mol. The maximum absolute atomic E-state index is 12.5. The van der Waals surface area contributed by atoms with Gasteiger partial charge in [-0.15, -0.1) is 0 Å². The summed E-state index contributed by atoms with van der Waals surface area (Å²) >= 11 is 0. The van der Waals surface area contributed by atoms with E-state index in [4.69, 9.17) is 9.47 Å². The lowest BCUT2D eigenvalue weighted by Gasteiger charge is -2.27. The molecule has 1 N–H and O–H groups in total. The molecular weight excluding hydrogens is 310 g/mol. The van der Waals surface area contributed by atoms with Crippen LogP contribution in [0.15, 0.2) is 34.9 Å². The van der Waals surface area contributed by atoms with Crippen LogP contribution in [0.5, 0.6) is 0 Å². The molecule has 0 aromatic carbocycles.